The molecule has 32 heavy (non-hydrogen) atoms. The van der Waals surface area contributed by atoms with Crippen LogP contribution in [0.2, 0.25) is 0 Å². The number of sulfone groups is 2. The van der Waals surface area contributed by atoms with E-state index >= 15 is 0 Å². The number of nitro groups is 1. The van der Waals surface area contributed by atoms with Crippen LogP contribution in [0.15, 0.2) is 25.1 Å². The smallest absolute Gasteiger partial charge is 0.258 e. The highest BCUT2D eigenvalue weighted by Gasteiger charge is 2.55. The summed E-state index contributed by atoms with van der Waals surface area (Å²) in [7, 11) is -14.2. The van der Waals surface area contributed by atoms with Crippen LogP contribution < -0.4 is 0 Å². The molecule has 0 aromatic heterocycles. The molecule has 0 aliphatic heterocycles. The highest BCUT2D eigenvalue weighted by molar-refractivity contribution is 7.93. The quantitative estimate of drug-likeness (QED) is 0.127. The molecular weight excluding hydrogens is 510 g/mol. The van der Waals surface area contributed by atoms with Crippen LogP contribution in [0.4, 0.5) is 49.1 Å². The molecular formula is C8F6N10O6S2. The summed E-state index contributed by atoms with van der Waals surface area (Å²) in [6.07, 6.45) is 0. The van der Waals surface area contributed by atoms with Crippen molar-refractivity contribution in [3.05, 3.63) is 41.4 Å². The van der Waals surface area contributed by atoms with Gasteiger partial charge in [0, 0.05) is 14.7 Å². The normalized spacial score (nSPS) is 12.2. The number of rotatable bonds is 6. The van der Waals surface area contributed by atoms with Crippen molar-refractivity contribution in [1.29, 1.82) is 0 Å². The van der Waals surface area contributed by atoms with Gasteiger partial charge in [-0.05, 0) is 16.6 Å². The molecule has 172 valence electrons. The van der Waals surface area contributed by atoms with Crippen molar-refractivity contribution in [2.75, 3.05) is 0 Å². The van der Waals surface area contributed by atoms with Crippen molar-refractivity contribution in [2.45, 2.75) is 20.8 Å². The van der Waals surface area contributed by atoms with Gasteiger partial charge in [0.1, 0.15) is 21.2 Å². The third-order valence-corrected chi connectivity index (χ3v) is 6.14. The molecule has 0 aliphatic carbocycles. The molecule has 0 fully saturated rings. The molecule has 0 unspecified atom stereocenters. The predicted octanol–water partition coefficient (Wildman–Crippen LogP) is 5.01. The number of alkyl halides is 6. The van der Waals surface area contributed by atoms with Gasteiger partial charge in [-0.15, -0.1) is 0 Å². The topological polar surface area (TPSA) is 258 Å². The zero-order chi connectivity index (χ0) is 25.3. The predicted molar refractivity (Wildman–Crippen MR) is 86.0 cm³/mol. The van der Waals surface area contributed by atoms with Gasteiger partial charge in [0.05, 0.1) is 10.6 Å². The van der Waals surface area contributed by atoms with Crippen LogP contribution in [0.25, 0.3) is 31.3 Å². The molecule has 0 spiro atoms. The van der Waals surface area contributed by atoms with Crippen LogP contribution in [-0.4, -0.2) is 32.8 Å². The van der Waals surface area contributed by atoms with Crippen LogP contribution in [0.1, 0.15) is 0 Å². The molecule has 0 heterocycles. The summed E-state index contributed by atoms with van der Waals surface area (Å²) >= 11 is 0. The van der Waals surface area contributed by atoms with E-state index in [4.69, 9.17) is 16.6 Å². The number of benzene rings is 1. The van der Waals surface area contributed by atoms with E-state index in [2.05, 4.69) is 15.3 Å². The monoisotopic (exact) mass is 510 g/mol. The van der Waals surface area contributed by atoms with Crippen LogP contribution in [0.5, 0.6) is 0 Å². The molecule has 0 bridgehead atoms. The average Bonchev–Trinajstić information content (AvgIpc) is 2.59. The highest BCUT2D eigenvalue weighted by Crippen LogP contribution is 2.56. The molecule has 1 aromatic carbocycles. The van der Waals surface area contributed by atoms with E-state index in [1.807, 2.05) is 0 Å². The van der Waals surface area contributed by atoms with Crippen LogP contribution in [0, 0.1) is 10.1 Å². The van der Waals surface area contributed by atoms with Gasteiger partial charge in [0.25, 0.3) is 25.4 Å². The van der Waals surface area contributed by atoms with E-state index in [-0.39, 0.29) is 0 Å². The second-order valence-corrected chi connectivity index (χ2v) is 8.53. The fourth-order valence-corrected chi connectivity index (χ4v) is 4.09. The van der Waals surface area contributed by atoms with Gasteiger partial charge < -0.3 is 0 Å². The maximum Gasteiger partial charge on any atom is 0.501 e. The lowest BCUT2D eigenvalue weighted by molar-refractivity contribution is -0.383. The standard InChI is InChI=1S/C8F6N10O6S2/c9-7(10,11)31(27,28)5-1(18-21-15)4(24(25)26)2(19-22-16)6(3(5)20-23-17)32(29,30)8(12,13)14. The fourth-order valence-electron chi connectivity index (χ4n) is 1.98. The van der Waals surface area contributed by atoms with Crippen molar-refractivity contribution in [3.8, 4) is 0 Å². The molecule has 0 amide bonds. The number of azide groups is 3. The zero-order valence-corrected chi connectivity index (χ0v) is 15.6. The lowest BCUT2D eigenvalue weighted by Gasteiger charge is -2.19. The van der Waals surface area contributed by atoms with Crippen molar-refractivity contribution in [1.82, 2.24) is 0 Å². The molecule has 0 atom stereocenters. The molecule has 16 nitrogen and oxygen atoms in total. The van der Waals surface area contributed by atoms with Gasteiger partial charge in [-0.25, -0.2) is 16.8 Å². The van der Waals surface area contributed by atoms with Crippen molar-refractivity contribution in [2.24, 2.45) is 15.3 Å². The van der Waals surface area contributed by atoms with E-state index in [1.54, 1.807) is 14.7 Å². The first-order chi connectivity index (χ1) is 14.4. The van der Waals surface area contributed by atoms with E-state index in [0.717, 1.165) is 0 Å². The number of hydrogen-bond acceptors (Lipinski definition) is 9. The van der Waals surface area contributed by atoms with Gasteiger partial charge in [0.2, 0.25) is 0 Å². The SMILES string of the molecule is [N-]=[N+]=Nc1c([N+](=O)[O-])c(N=[N+]=[N-])c(S(=O)(=O)C(F)(F)F)c(N=[N+]=[N-])c1S(=O)(=O)C(F)(F)F. The summed E-state index contributed by atoms with van der Waals surface area (Å²) in [5.41, 5.74) is 2.99. The van der Waals surface area contributed by atoms with Crippen LogP contribution >= 0.6 is 0 Å². The minimum Gasteiger partial charge on any atom is -0.258 e. The Labute approximate surface area is 168 Å². The molecule has 0 saturated carbocycles. The Morgan fingerprint density at radius 3 is 1.22 bits per heavy atom. The summed E-state index contributed by atoms with van der Waals surface area (Å²) < 4.78 is 126. The first kappa shape index (κ1) is 26.1. The maximum absolute atomic E-state index is 13.1. The molecule has 0 radical (unpaired) electrons. The molecule has 1 rings (SSSR count). The summed E-state index contributed by atoms with van der Waals surface area (Å²) in [6.45, 7) is 0. The maximum atomic E-state index is 13.1. The third kappa shape index (κ3) is 4.10. The Balaban J connectivity index is 4.97. The number of nitrogens with zero attached hydrogens (tertiary/aromatic N) is 10. The van der Waals surface area contributed by atoms with Gasteiger partial charge >= 0.3 is 11.0 Å². The Morgan fingerprint density at radius 1 is 0.719 bits per heavy atom. The van der Waals surface area contributed by atoms with E-state index in [9.17, 15) is 53.3 Å². The summed E-state index contributed by atoms with van der Waals surface area (Å²) in [5, 5.41) is 18.1. The van der Waals surface area contributed by atoms with E-state index in [0.29, 0.717) is 0 Å². The Kier molecular flexibility index (Phi) is 6.74. The average molecular weight is 510 g/mol. The minimum atomic E-state index is -7.10. The van der Waals surface area contributed by atoms with Crippen LogP contribution in [-0.2, 0) is 19.7 Å². The Hall–Kier alpha value is -3.97. The van der Waals surface area contributed by atoms with Gasteiger partial charge in [-0.1, -0.05) is 15.3 Å². The van der Waals surface area contributed by atoms with Gasteiger partial charge in [-0.2, -0.15) is 26.3 Å². The van der Waals surface area contributed by atoms with Gasteiger partial charge in [0.15, 0.2) is 0 Å². The molecule has 0 aliphatic rings. The van der Waals surface area contributed by atoms with E-state index < -0.39 is 68.2 Å². The number of hydrogen-bond donors (Lipinski definition) is 0. The van der Waals surface area contributed by atoms with Crippen molar-refractivity contribution in [3.63, 3.8) is 0 Å². The first-order valence-electron chi connectivity index (χ1n) is 6.58. The molecule has 24 heteroatoms. The Morgan fingerprint density at radius 2 is 1.00 bits per heavy atom. The van der Waals surface area contributed by atoms with Crippen LogP contribution in [0.3, 0.4) is 0 Å². The first-order valence-corrected chi connectivity index (χ1v) is 9.54. The third-order valence-electron chi connectivity index (χ3n) is 3.07. The number of halogens is 6. The highest BCUT2D eigenvalue weighted by atomic mass is 32.2. The van der Waals surface area contributed by atoms with Crippen molar-refractivity contribution < 1.29 is 48.1 Å². The van der Waals surface area contributed by atoms with Gasteiger partial charge in [-0.3, -0.25) is 10.1 Å². The number of nitro benzene ring substituents is 1. The summed E-state index contributed by atoms with van der Waals surface area (Å²) in [5.74, 6) is 0. The second kappa shape index (κ2) is 8.28. The second-order valence-electron chi connectivity index (χ2n) is 4.78. The Bertz CT molecular complexity index is 1280. The van der Waals surface area contributed by atoms with E-state index in [1.165, 1.54) is 0 Å². The fraction of sp³-hybridized carbons (Fsp3) is 0.250. The zero-order valence-electron chi connectivity index (χ0n) is 14.0. The lowest BCUT2D eigenvalue weighted by Crippen LogP contribution is -2.26. The minimum absolute atomic E-state index is 1.72. The molecule has 0 saturated heterocycles. The lowest BCUT2D eigenvalue weighted by atomic mass is 10.2. The largest absolute Gasteiger partial charge is 0.501 e. The summed E-state index contributed by atoms with van der Waals surface area (Å²) in [4.78, 5) is 9.03. The summed E-state index contributed by atoms with van der Waals surface area (Å²) in [6, 6.07) is 0. The molecule has 0 N–H and O–H groups in total. The molecule has 1 aromatic rings. The van der Waals surface area contributed by atoms with Crippen molar-refractivity contribution >= 4 is 42.4 Å².